The molecule has 0 radical (unpaired) electrons. The first-order valence-electron chi connectivity index (χ1n) is 8.27. The zero-order valence-corrected chi connectivity index (χ0v) is 13.5. The van der Waals surface area contributed by atoms with Crippen molar-refractivity contribution in [2.24, 2.45) is 5.92 Å². The summed E-state index contributed by atoms with van der Waals surface area (Å²) in [6.45, 7) is 4.79. The third-order valence-corrected chi connectivity index (χ3v) is 4.92. The monoisotopic (exact) mass is 322 g/mol. The topological polar surface area (TPSA) is 51.7 Å². The Hall–Kier alpha value is -1.53. The molecule has 2 heterocycles. The van der Waals surface area contributed by atoms with Crippen LogP contribution in [0, 0.1) is 11.7 Å². The van der Waals surface area contributed by atoms with Gasteiger partial charge in [-0.1, -0.05) is 6.42 Å². The lowest BCUT2D eigenvalue weighted by molar-refractivity contribution is -0.132. The predicted octanol–water partition coefficient (Wildman–Crippen LogP) is 2.27. The van der Waals surface area contributed by atoms with Gasteiger partial charge in [-0.25, -0.2) is 4.39 Å². The van der Waals surface area contributed by atoms with Crippen molar-refractivity contribution < 1.29 is 18.7 Å². The van der Waals surface area contributed by atoms with Gasteiger partial charge >= 0.3 is 0 Å². The second-order valence-electron chi connectivity index (χ2n) is 6.24. The first-order chi connectivity index (χ1) is 11.2. The standard InChI is InChI=1S/C17H23FN2O3/c1-2-22-11-13-4-3-6-17(13)12-20(8-9-23-17)16(21)14-5-7-19-10-15(14)18/h5,7,10,13H,2-4,6,8-9,11-12H2,1H3/t13-,17-/m0/s1. The van der Waals surface area contributed by atoms with Crippen molar-refractivity contribution in [3.8, 4) is 0 Å². The third kappa shape index (κ3) is 3.23. The number of hydrogen-bond acceptors (Lipinski definition) is 4. The normalized spacial score (nSPS) is 27.6. The van der Waals surface area contributed by atoms with Crippen LogP contribution in [0.4, 0.5) is 4.39 Å². The number of amides is 1. The number of pyridine rings is 1. The van der Waals surface area contributed by atoms with Gasteiger partial charge < -0.3 is 14.4 Å². The molecular weight excluding hydrogens is 299 g/mol. The van der Waals surface area contributed by atoms with E-state index in [9.17, 15) is 9.18 Å². The average molecular weight is 322 g/mol. The molecule has 1 aromatic rings. The SMILES string of the molecule is CCOC[C@@H]1CCC[C@]12CN(C(=O)c1ccncc1F)CCO2. The van der Waals surface area contributed by atoms with Crippen LogP contribution < -0.4 is 0 Å². The van der Waals surface area contributed by atoms with E-state index in [-0.39, 0.29) is 17.1 Å². The molecule has 2 fully saturated rings. The van der Waals surface area contributed by atoms with Crippen LogP contribution in [0.25, 0.3) is 0 Å². The Kier molecular flexibility index (Phi) is 4.92. The average Bonchev–Trinajstić information content (AvgIpc) is 2.94. The van der Waals surface area contributed by atoms with Crippen molar-refractivity contribution in [3.63, 3.8) is 0 Å². The summed E-state index contributed by atoms with van der Waals surface area (Å²) in [5.74, 6) is -0.565. The van der Waals surface area contributed by atoms with Crippen molar-refractivity contribution in [1.29, 1.82) is 0 Å². The molecule has 3 rings (SSSR count). The fraction of sp³-hybridized carbons (Fsp3) is 0.647. The van der Waals surface area contributed by atoms with E-state index in [2.05, 4.69) is 4.98 Å². The Labute approximate surface area is 135 Å². The first-order valence-corrected chi connectivity index (χ1v) is 8.27. The molecule has 6 heteroatoms. The van der Waals surface area contributed by atoms with E-state index in [1.165, 1.54) is 12.3 Å². The number of hydrogen-bond donors (Lipinski definition) is 0. The molecule has 1 amide bonds. The molecule has 1 saturated heterocycles. The fourth-order valence-corrected chi connectivity index (χ4v) is 3.71. The van der Waals surface area contributed by atoms with E-state index in [1.54, 1.807) is 4.90 Å². The maximum atomic E-state index is 13.8. The molecule has 1 spiro atoms. The fourth-order valence-electron chi connectivity index (χ4n) is 3.71. The number of ether oxygens (including phenoxy) is 2. The summed E-state index contributed by atoms with van der Waals surface area (Å²) >= 11 is 0. The lowest BCUT2D eigenvalue weighted by Gasteiger charge is -2.44. The van der Waals surface area contributed by atoms with Gasteiger partial charge in [0.05, 0.1) is 37.1 Å². The van der Waals surface area contributed by atoms with E-state index < -0.39 is 5.82 Å². The smallest absolute Gasteiger partial charge is 0.257 e. The van der Waals surface area contributed by atoms with Gasteiger partial charge in [0.1, 0.15) is 0 Å². The predicted molar refractivity (Wildman–Crippen MR) is 82.6 cm³/mol. The highest BCUT2D eigenvalue weighted by Crippen LogP contribution is 2.41. The highest BCUT2D eigenvalue weighted by atomic mass is 19.1. The molecule has 2 aliphatic rings. The minimum atomic E-state index is -0.574. The summed E-state index contributed by atoms with van der Waals surface area (Å²) in [5.41, 5.74) is -0.261. The lowest BCUT2D eigenvalue weighted by atomic mass is 9.89. The minimum absolute atomic E-state index is 0.0800. The number of nitrogens with zero attached hydrogens (tertiary/aromatic N) is 2. The molecule has 1 saturated carbocycles. The summed E-state index contributed by atoms with van der Waals surface area (Å²) < 4.78 is 25.5. The summed E-state index contributed by atoms with van der Waals surface area (Å²) in [7, 11) is 0. The van der Waals surface area contributed by atoms with Crippen molar-refractivity contribution in [3.05, 3.63) is 29.8 Å². The minimum Gasteiger partial charge on any atom is -0.381 e. The van der Waals surface area contributed by atoms with Gasteiger partial charge in [0.25, 0.3) is 5.91 Å². The molecule has 0 N–H and O–H groups in total. The van der Waals surface area contributed by atoms with E-state index >= 15 is 0 Å². The number of rotatable bonds is 4. The van der Waals surface area contributed by atoms with Crippen LogP contribution in [0.1, 0.15) is 36.5 Å². The third-order valence-electron chi connectivity index (χ3n) is 4.92. The molecule has 0 aromatic carbocycles. The van der Waals surface area contributed by atoms with Gasteiger partial charge in [-0.2, -0.15) is 0 Å². The second kappa shape index (κ2) is 6.93. The Morgan fingerprint density at radius 3 is 3.26 bits per heavy atom. The van der Waals surface area contributed by atoms with Crippen LogP contribution in [0.2, 0.25) is 0 Å². The van der Waals surface area contributed by atoms with Crippen LogP contribution in [-0.2, 0) is 9.47 Å². The molecule has 0 bridgehead atoms. The summed E-state index contributed by atoms with van der Waals surface area (Å²) in [4.78, 5) is 18.1. The van der Waals surface area contributed by atoms with Gasteiger partial charge in [0.15, 0.2) is 5.82 Å². The molecule has 1 aromatic heterocycles. The number of aromatic nitrogens is 1. The van der Waals surface area contributed by atoms with E-state index in [0.29, 0.717) is 38.8 Å². The zero-order chi connectivity index (χ0) is 16.3. The van der Waals surface area contributed by atoms with E-state index in [1.807, 2.05) is 6.92 Å². The quantitative estimate of drug-likeness (QED) is 0.853. The number of morpholine rings is 1. The molecule has 1 aliphatic carbocycles. The number of halogens is 1. The first kappa shape index (κ1) is 16.3. The molecule has 5 nitrogen and oxygen atoms in total. The highest BCUT2D eigenvalue weighted by Gasteiger charge is 2.48. The Balaban J connectivity index is 1.75. The van der Waals surface area contributed by atoms with Crippen molar-refractivity contribution in [1.82, 2.24) is 9.88 Å². The summed E-state index contributed by atoms with van der Waals surface area (Å²) in [6.07, 6.45) is 5.57. The van der Waals surface area contributed by atoms with Crippen molar-refractivity contribution in [2.75, 3.05) is 32.9 Å². The summed E-state index contributed by atoms with van der Waals surface area (Å²) in [5, 5.41) is 0. The number of carbonyl (C=O) groups is 1. The van der Waals surface area contributed by atoms with Gasteiger partial charge in [0, 0.05) is 25.3 Å². The molecule has 0 unspecified atom stereocenters. The number of carbonyl (C=O) groups excluding carboxylic acids is 1. The van der Waals surface area contributed by atoms with Gasteiger partial charge in [0.2, 0.25) is 0 Å². The molecule has 1 aliphatic heterocycles. The Bertz CT molecular complexity index is 569. The largest absolute Gasteiger partial charge is 0.381 e. The van der Waals surface area contributed by atoms with Crippen molar-refractivity contribution >= 4 is 5.91 Å². The molecular formula is C17H23FN2O3. The van der Waals surface area contributed by atoms with Gasteiger partial charge in [-0.15, -0.1) is 0 Å². The van der Waals surface area contributed by atoms with Crippen LogP contribution in [0.5, 0.6) is 0 Å². The molecule has 126 valence electrons. The summed E-state index contributed by atoms with van der Waals surface area (Å²) in [6, 6.07) is 1.44. The molecule has 2 atom stereocenters. The molecule has 23 heavy (non-hydrogen) atoms. The van der Waals surface area contributed by atoms with Crippen molar-refractivity contribution in [2.45, 2.75) is 31.8 Å². The van der Waals surface area contributed by atoms with Crippen LogP contribution >= 0.6 is 0 Å². The van der Waals surface area contributed by atoms with Gasteiger partial charge in [-0.3, -0.25) is 9.78 Å². The highest BCUT2D eigenvalue weighted by molar-refractivity contribution is 5.94. The zero-order valence-electron chi connectivity index (χ0n) is 13.5. The Morgan fingerprint density at radius 2 is 2.48 bits per heavy atom. The Morgan fingerprint density at radius 1 is 1.61 bits per heavy atom. The van der Waals surface area contributed by atoms with Gasteiger partial charge in [-0.05, 0) is 25.8 Å². The van der Waals surface area contributed by atoms with Crippen LogP contribution in [-0.4, -0.2) is 54.3 Å². The maximum Gasteiger partial charge on any atom is 0.257 e. The maximum absolute atomic E-state index is 13.8. The second-order valence-corrected chi connectivity index (χ2v) is 6.24. The lowest BCUT2D eigenvalue weighted by Crippen LogP contribution is -2.56. The van der Waals surface area contributed by atoms with E-state index in [0.717, 1.165) is 25.5 Å². The van der Waals surface area contributed by atoms with Crippen LogP contribution in [0.15, 0.2) is 18.5 Å². The van der Waals surface area contributed by atoms with Crippen LogP contribution in [0.3, 0.4) is 0 Å². The van der Waals surface area contributed by atoms with E-state index in [4.69, 9.17) is 9.47 Å².